The van der Waals surface area contributed by atoms with Gasteiger partial charge in [-0.3, -0.25) is 4.90 Å². The van der Waals surface area contributed by atoms with Crippen molar-refractivity contribution < 1.29 is 19.4 Å². The maximum atomic E-state index is 11.8. The van der Waals surface area contributed by atoms with E-state index in [0.29, 0.717) is 36.6 Å². The van der Waals surface area contributed by atoms with Gasteiger partial charge < -0.3 is 14.6 Å². The molecule has 0 atom stereocenters. The molecule has 1 aliphatic rings. The molecule has 0 radical (unpaired) electrons. The number of aliphatic hydroxyl groups is 1. The third-order valence-electron chi connectivity index (χ3n) is 5.99. The predicted molar refractivity (Wildman–Crippen MR) is 121 cm³/mol. The first kappa shape index (κ1) is 22.5. The first-order chi connectivity index (χ1) is 16.0. The van der Waals surface area contributed by atoms with Gasteiger partial charge in [0.15, 0.2) is 0 Å². The van der Waals surface area contributed by atoms with Crippen molar-refractivity contribution in [1.82, 2.24) is 14.7 Å². The van der Waals surface area contributed by atoms with Crippen LogP contribution in [0, 0.1) is 18.3 Å². The summed E-state index contributed by atoms with van der Waals surface area (Å²) in [4.78, 5) is 13.9. The fourth-order valence-electron chi connectivity index (χ4n) is 4.13. The van der Waals surface area contributed by atoms with Crippen molar-refractivity contribution in [2.24, 2.45) is 0 Å². The van der Waals surface area contributed by atoms with E-state index in [9.17, 15) is 9.90 Å². The summed E-state index contributed by atoms with van der Waals surface area (Å²) in [6.07, 6.45) is 4.52. The van der Waals surface area contributed by atoms with Crippen molar-refractivity contribution in [1.29, 1.82) is 5.26 Å². The number of fused-ring (bicyclic) bond motifs is 1. The van der Waals surface area contributed by atoms with Crippen molar-refractivity contribution in [3.63, 3.8) is 0 Å². The number of aliphatic hydroxyl groups excluding tert-OH is 1. The first-order valence-electron chi connectivity index (χ1n) is 10.8. The molecule has 0 unspecified atom stereocenters. The molecule has 1 aromatic heterocycles. The van der Waals surface area contributed by atoms with Crippen molar-refractivity contribution >= 4 is 5.97 Å². The zero-order valence-corrected chi connectivity index (χ0v) is 18.7. The molecule has 170 valence electrons. The maximum Gasteiger partial charge on any atom is 0.338 e. The number of carbonyl (C=O) groups is 1. The van der Waals surface area contributed by atoms with Crippen LogP contribution in [-0.2, 0) is 24.3 Å². The lowest BCUT2D eigenvalue weighted by atomic mass is 9.96. The quantitative estimate of drug-likeness (QED) is 0.505. The van der Waals surface area contributed by atoms with Crippen LogP contribution < -0.4 is 4.74 Å². The van der Waals surface area contributed by atoms with Gasteiger partial charge in [-0.25, -0.2) is 9.48 Å². The van der Waals surface area contributed by atoms with Crippen LogP contribution in [0.2, 0.25) is 0 Å². The van der Waals surface area contributed by atoms with Gasteiger partial charge in [0.25, 0.3) is 0 Å². The SMILES string of the molecule is COc1cc(C#N)ccc1-n1cc(CN(CCO)CCc2ccc3c(c2C)COC3=O)cn1. The lowest BCUT2D eigenvalue weighted by molar-refractivity contribution is 0.0535. The van der Waals surface area contributed by atoms with Crippen LogP contribution in [0.25, 0.3) is 5.69 Å². The summed E-state index contributed by atoms with van der Waals surface area (Å²) in [6, 6.07) is 11.2. The molecular formula is C25H26N4O4. The molecular weight excluding hydrogens is 420 g/mol. The van der Waals surface area contributed by atoms with Crippen molar-refractivity contribution in [3.05, 3.63) is 76.1 Å². The predicted octanol–water partition coefficient (Wildman–Crippen LogP) is 2.77. The molecule has 0 saturated carbocycles. The number of nitriles is 1. The summed E-state index contributed by atoms with van der Waals surface area (Å²) in [6.45, 7) is 4.35. The number of ether oxygens (including phenoxy) is 2. The summed E-state index contributed by atoms with van der Waals surface area (Å²) in [5, 5.41) is 23.1. The molecule has 1 aliphatic heterocycles. The average Bonchev–Trinajstić information content (AvgIpc) is 3.45. The van der Waals surface area contributed by atoms with E-state index in [1.54, 1.807) is 30.1 Å². The Kier molecular flexibility index (Phi) is 6.73. The Hall–Kier alpha value is -3.67. The zero-order chi connectivity index (χ0) is 23.4. The lowest BCUT2D eigenvalue weighted by Gasteiger charge is -2.21. The Morgan fingerprint density at radius 3 is 2.91 bits per heavy atom. The van der Waals surface area contributed by atoms with Gasteiger partial charge in [-0.05, 0) is 42.7 Å². The van der Waals surface area contributed by atoms with E-state index in [-0.39, 0.29) is 12.6 Å². The van der Waals surface area contributed by atoms with E-state index in [0.717, 1.165) is 35.3 Å². The number of hydrogen-bond donors (Lipinski definition) is 1. The van der Waals surface area contributed by atoms with E-state index in [1.165, 1.54) is 5.56 Å². The van der Waals surface area contributed by atoms with Crippen LogP contribution in [0.4, 0.5) is 0 Å². The summed E-state index contributed by atoms with van der Waals surface area (Å²) in [7, 11) is 1.57. The summed E-state index contributed by atoms with van der Waals surface area (Å²) < 4.78 is 12.3. The van der Waals surface area contributed by atoms with E-state index in [2.05, 4.69) is 16.1 Å². The number of carbonyl (C=O) groups excluding carboxylic acids is 1. The van der Waals surface area contributed by atoms with Gasteiger partial charge in [0.2, 0.25) is 0 Å². The van der Waals surface area contributed by atoms with Gasteiger partial charge in [-0.15, -0.1) is 0 Å². The van der Waals surface area contributed by atoms with Gasteiger partial charge in [0.1, 0.15) is 18.0 Å². The Balaban J connectivity index is 1.46. The molecule has 2 aromatic carbocycles. The number of hydrogen-bond acceptors (Lipinski definition) is 7. The minimum absolute atomic E-state index is 0.0586. The Morgan fingerprint density at radius 1 is 1.30 bits per heavy atom. The Bertz CT molecular complexity index is 1210. The fraction of sp³-hybridized carbons (Fsp3) is 0.320. The average molecular weight is 447 g/mol. The number of nitrogens with zero attached hydrogens (tertiary/aromatic N) is 4. The minimum Gasteiger partial charge on any atom is -0.494 e. The lowest BCUT2D eigenvalue weighted by Crippen LogP contribution is -2.28. The maximum absolute atomic E-state index is 11.8. The van der Waals surface area contributed by atoms with Gasteiger partial charge in [-0.2, -0.15) is 10.4 Å². The molecule has 0 amide bonds. The van der Waals surface area contributed by atoms with Crippen molar-refractivity contribution in [3.8, 4) is 17.5 Å². The second kappa shape index (κ2) is 9.86. The van der Waals surface area contributed by atoms with Gasteiger partial charge in [0.05, 0.1) is 37.1 Å². The normalized spacial score (nSPS) is 12.5. The summed E-state index contributed by atoms with van der Waals surface area (Å²) in [5.74, 6) is 0.322. The molecule has 4 rings (SSSR count). The second-order valence-corrected chi connectivity index (χ2v) is 7.99. The third-order valence-corrected chi connectivity index (χ3v) is 5.99. The van der Waals surface area contributed by atoms with E-state index in [4.69, 9.17) is 14.7 Å². The van der Waals surface area contributed by atoms with Crippen LogP contribution >= 0.6 is 0 Å². The summed E-state index contributed by atoms with van der Waals surface area (Å²) >= 11 is 0. The number of benzene rings is 2. The molecule has 0 bridgehead atoms. The highest BCUT2D eigenvalue weighted by Crippen LogP contribution is 2.27. The number of cyclic esters (lactones) is 1. The molecule has 1 N–H and O–H groups in total. The number of methoxy groups -OCH3 is 1. The topological polar surface area (TPSA) is 101 Å². The van der Waals surface area contributed by atoms with Crippen LogP contribution in [0.15, 0.2) is 42.7 Å². The van der Waals surface area contributed by atoms with Crippen LogP contribution in [0.3, 0.4) is 0 Å². The molecule has 0 spiro atoms. The molecule has 0 fully saturated rings. The smallest absolute Gasteiger partial charge is 0.338 e. The van der Waals surface area contributed by atoms with Crippen LogP contribution in [0.1, 0.15) is 38.2 Å². The van der Waals surface area contributed by atoms with E-state index >= 15 is 0 Å². The highest BCUT2D eigenvalue weighted by molar-refractivity contribution is 5.93. The first-order valence-corrected chi connectivity index (χ1v) is 10.8. The molecule has 33 heavy (non-hydrogen) atoms. The Morgan fingerprint density at radius 2 is 2.15 bits per heavy atom. The van der Waals surface area contributed by atoms with Crippen molar-refractivity contribution in [2.75, 3.05) is 26.8 Å². The number of esters is 1. The highest BCUT2D eigenvalue weighted by Gasteiger charge is 2.24. The van der Waals surface area contributed by atoms with E-state index < -0.39 is 0 Å². The third kappa shape index (κ3) is 4.75. The number of aromatic nitrogens is 2. The second-order valence-electron chi connectivity index (χ2n) is 7.99. The summed E-state index contributed by atoms with van der Waals surface area (Å²) in [5.41, 5.74) is 6.19. The van der Waals surface area contributed by atoms with Gasteiger partial charge in [0, 0.05) is 43.0 Å². The van der Waals surface area contributed by atoms with Crippen LogP contribution in [-0.4, -0.2) is 52.6 Å². The monoisotopic (exact) mass is 446 g/mol. The molecule has 0 saturated heterocycles. The molecule has 3 aromatic rings. The molecule has 0 aliphatic carbocycles. The highest BCUT2D eigenvalue weighted by atomic mass is 16.5. The van der Waals surface area contributed by atoms with Gasteiger partial charge >= 0.3 is 5.97 Å². The minimum atomic E-state index is -0.252. The zero-order valence-electron chi connectivity index (χ0n) is 18.7. The van der Waals surface area contributed by atoms with Crippen molar-refractivity contribution in [2.45, 2.75) is 26.5 Å². The van der Waals surface area contributed by atoms with Crippen LogP contribution in [0.5, 0.6) is 5.75 Å². The van der Waals surface area contributed by atoms with E-state index in [1.807, 2.05) is 31.3 Å². The fourth-order valence-corrected chi connectivity index (χ4v) is 4.13. The molecule has 2 heterocycles. The standard InChI is InChI=1S/C25H26N4O4/c1-17-20(4-5-21-22(17)16-33-25(21)31)7-8-28(9-10-30)14-19-13-27-29(15-19)23-6-3-18(12-26)11-24(23)32-2/h3-6,11,13,15,30H,7-10,14,16H2,1-2H3. The molecule has 8 heteroatoms. The Labute approximate surface area is 192 Å². The largest absolute Gasteiger partial charge is 0.494 e. The van der Waals surface area contributed by atoms with Gasteiger partial charge in [-0.1, -0.05) is 6.07 Å². The molecule has 8 nitrogen and oxygen atoms in total. The number of rotatable bonds is 9.